The zero-order valence-corrected chi connectivity index (χ0v) is 22.6. The SMILES string of the molecule is C=N/C=C(\NC[C@@H]1CCCCN1C)c1ccc(-c2ccc(-c3cnc(CN(C)CCC)[nH]3)c(F)c2)cc1F. The topological polar surface area (TPSA) is 59.6 Å². The van der Waals surface area contributed by atoms with E-state index in [0.717, 1.165) is 31.8 Å². The second-order valence-electron chi connectivity index (χ2n) is 10.1. The number of halogens is 2. The molecule has 1 aliphatic heterocycles. The molecule has 1 fully saturated rings. The van der Waals surface area contributed by atoms with Gasteiger partial charge in [0.15, 0.2) is 0 Å². The number of hydrogen-bond acceptors (Lipinski definition) is 5. The maximum atomic E-state index is 15.3. The van der Waals surface area contributed by atoms with Gasteiger partial charge >= 0.3 is 0 Å². The van der Waals surface area contributed by atoms with Crippen molar-refractivity contribution in [1.29, 1.82) is 0 Å². The quantitative estimate of drug-likeness (QED) is 0.308. The first-order chi connectivity index (χ1) is 18.4. The predicted octanol–water partition coefficient (Wildman–Crippen LogP) is 5.94. The van der Waals surface area contributed by atoms with E-state index in [1.807, 2.05) is 7.05 Å². The minimum absolute atomic E-state index is 0.390. The Morgan fingerprint density at radius 2 is 1.97 bits per heavy atom. The first-order valence-corrected chi connectivity index (χ1v) is 13.3. The van der Waals surface area contributed by atoms with Crippen molar-refractivity contribution in [2.75, 3.05) is 33.7 Å². The highest BCUT2D eigenvalue weighted by molar-refractivity contribution is 5.72. The van der Waals surface area contributed by atoms with Crippen LogP contribution in [0, 0.1) is 11.6 Å². The summed E-state index contributed by atoms with van der Waals surface area (Å²) >= 11 is 0. The van der Waals surface area contributed by atoms with Crippen molar-refractivity contribution in [1.82, 2.24) is 25.1 Å². The fraction of sp³-hybridized carbons (Fsp3) is 0.400. The van der Waals surface area contributed by atoms with Crippen LogP contribution < -0.4 is 5.32 Å². The number of hydrogen-bond donors (Lipinski definition) is 2. The number of imidazole rings is 1. The van der Waals surface area contributed by atoms with Gasteiger partial charge in [-0.3, -0.25) is 9.89 Å². The molecule has 1 aromatic heterocycles. The highest BCUT2D eigenvalue weighted by Crippen LogP contribution is 2.29. The Morgan fingerprint density at radius 3 is 2.66 bits per heavy atom. The van der Waals surface area contributed by atoms with Crippen LogP contribution in [0.1, 0.15) is 44.0 Å². The average Bonchev–Trinajstić information content (AvgIpc) is 3.35. The van der Waals surface area contributed by atoms with E-state index in [0.29, 0.717) is 52.8 Å². The molecule has 0 radical (unpaired) electrons. The lowest BCUT2D eigenvalue weighted by atomic mass is 9.99. The highest BCUT2D eigenvalue weighted by Gasteiger charge is 2.20. The number of likely N-dealkylation sites (tertiary alicyclic amines) is 1. The molecule has 0 unspecified atom stereocenters. The molecule has 1 saturated heterocycles. The molecule has 0 bridgehead atoms. The third kappa shape index (κ3) is 6.74. The number of aromatic nitrogens is 2. The number of likely N-dealkylation sites (N-methyl/N-ethyl adjacent to an activating group) is 1. The molecular formula is C30H38F2N6. The van der Waals surface area contributed by atoms with Crippen molar-refractivity contribution >= 4 is 12.4 Å². The molecule has 202 valence electrons. The number of rotatable bonds is 11. The van der Waals surface area contributed by atoms with E-state index >= 15 is 8.78 Å². The van der Waals surface area contributed by atoms with Crippen LogP contribution in [0.5, 0.6) is 0 Å². The smallest absolute Gasteiger partial charge is 0.133 e. The van der Waals surface area contributed by atoms with Gasteiger partial charge in [-0.1, -0.05) is 25.5 Å². The van der Waals surface area contributed by atoms with Crippen molar-refractivity contribution in [3.8, 4) is 22.4 Å². The van der Waals surface area contributed by atoms with E-state index in [2.05, 4.69) is 50.8 Å². The van der Waals surface area contributed by atoms with Gasteiger partial charge in [-0.25, -0.2) is 13.8 Å². The number of nitrogens with one attached hydrogen (secondary N) is 2. The third-order valence-corrected chi connectivity index (χ3v) is 7.18. The van der Waals surface area contributed by atoms with Gasteiger partial charge in [0, 0.05) is 29.9 Å². The zero-order chi connectivity index (χ0) is 27.1. The molecule has 3 aromatic rings. The maximum absolute atomic E-state index is 15.3. The van der Waals surface area contributed by atoms with Gasteiger partial charge in [-0.05, 0) is 88.6 Å². The molecule has 0 saturated carbocycles. The zero-order valence-electron chi connectivity index (χ0n) is 22.6. The van der Waals surface area contributed by atoms with E-state index < -0.39 is 5.82 Å². The number of H-pyrrole nitrogens is 1. The highest BCUT2D eigenvalue weighted by atomic mass is 19.1. The fourth-order valence-electron chi connectivity index (χ4n) is 5.05. The molecular weight excluding hydrogens is 482 g/mol. The molecule has 0 amide bonds. The molecule has 2 heterocycles. The summed E-state index contributed by atoms with van der Waals surface area (Å²) in [5, 5.41) is 3.37. The Bertz CT molecular complexity index is 1270. The van der Waals surface area contributed by atoms with E-state index in [-0.39, 0.29) is 5.82 Å². The molecule has 2 aromatic carbocycles. The van der Waals surface area contributed by atoms with Crippen molar-refractivity contribution in [2.45, 2.75) is 45.2 Å². The predicted molar refractivity (Wildman–Crippen MR) is 152 cm³/mol. The summed E-state index contributed by atoms with van der Waals surface area (Å²) in [5.41, 5.74) is 3.25. The van der Waals surface area contributed by atoms with Crippen molar-refractivity contribution in [3.63, 3.8) is 0 Å². The molecule has 38 heavy (non-hydrogen) atoms. The molecule has 2 N–H and O–H groups in total. The van der Waals surface area contributed by atoms with Crippen LogP contribution >= 0.6 is 0 Å². The molecule has 1 atom stereocenters. The largest absolute Gasteiger partial charge is 0.382 e. The molecule has 0 spiro atoms. The third-order valence-electron chi connectivity index (χ3n) is 7.18. The number of aliphatic imine (C=N–C) groups is 1. The monoisotopic (exact) mass is 520 g/mol. The van der Waals surface area contributed by atoms with E-state index in [1.54, 1.807) is 36.7 Å². The summed E-state index contributed by atoms with van der Waals surface area (Å²) in [4.78, 5) is 16.0. The van der Waals surface area contributed by atoms with Crippen LogP contribution in [0.2, 0.25) is 0 Å². The van der Waals surface area contributed by atoms with Gasteiger partial charge in [0.05, 0.1) is 24.1 Å². The average molecular weight is 521 g/mol. The van der Waals surface area contributed by atoms with Crippen LogP contribution in [0.15, 0.2) is 53.8 Å². The summed E-state index contributed by atoms with van der Waals surface area (Å²) in [6, 6.07) is 10.3. The number of piperidine rings is 1. The number of aromatic amines is 1. The maximum Gasteiger partial charge on any atom is 0.133 e. The second-order valence-corrected chi connectivity index (χ2v) is 10.1. The van der Waals surface area contributed by atoms with E-state index in [1.165, 1.54) is 25.0 Å². The van der Waals surface area contributed by atoms with Crippen LogP contribution in [0.4, 0.5) is 8.78 Å². The minimum atomic E-state index is -0.402. The normalized spacial score (nSPS) is 16.7. The van der Waals surface area contributed by atoms with Gasteiger partial charge < -0.3 is 15.2 Å². The Labute approximate surface area is 224 Å². The molecule has 4 rings (SSSR count). The van der Waals surface area contributed by atoms with Gasteiger partial charge in [0.25, 0.3) is 0 Å². The number of benzene rings is 2. The first-order valence-electron chi connectivity index (χ1n) is 13.3. The van der Waals surface area contributed by atoms with Gasteiger partial charge in [0.2, 0.25) is 0 Å². The Morgan fingerprint density at radius 1 is 1.21 bits per heavy atom. The second kappa shape index (κ2) is 12.9. The molecule has 1 aliphatic rings. The van der Waals surface area contributed by atoms with Gasteiger partial charge in [-0.2, -0.15) is 0 Å². The van der Waals surface area contributed by atoms with Crippen molar-refractivity contribution in [2.24, 2.45) is 4.99 Å². The molecule has 8 heteroatoms. The summed E-state index contributed by atoms with van der Waals surface area (Å²) in [6.07, 6.45) is 7.78. The summed E-state index contributed by atoms with van der Waals surface area (Å²) in [7, 11) is 4.15. The minimum Gasteiger partial charge on any atom is -0.382 e. The molecule has 6 nitrogen and oxygen atoms in total. The van der Waals surface area contributed by atoms with Crippen LogP contribution in [-0.2, 0) is 6.54 Å². The van der Waals surface area contributed by atoms with Crippen LogP contribution in [0.3, 0.4) is 0 Å². The standard InChI is InChI=1S/C30H38F2N6/c1-5-13-37(3)20-30-35-19-29(36-30)25-12-10-22(16-27(25)32)21-9-11-24(26(31)15-21)28(18-33-2)34-17-23-8-6-7-14-38(23)4/h9-12,15-16,18-19,23,34H,2,5-8,13-14,17,20H2,1,3-4H3,(H,35,36)/b28-18-/t23-/m0/s1. The van der Waals surface area contributed by atoms with Crippen LogP contribution in [-0.4, -0.2) is 66.3 Å². The van der Waals surface area contributed by atoms with Crippen molar-refractivity contribution in [3.05, 3.63) is 71.8 Å². The Balaban J connectivity index is 1.49. The first kappa shape index (κ1) is 27.7. The lowest BCUT2D eigenvalue weighted by molar-refractivity contribution is 0.186. The molecule has 0 aliphatic carbocycles. The van der Waals surface area contributed by atoms with Crippen LogP contribution in [0.25, 0.3) is 28.1 Å². The summed E-state index contributed by atoms with van der Waals surface area (Å²) in [6.45, 7) is 9.08. The lowest BCUT2D eigenvalue weighted by Gasteiger charge is -2.33. The number of nitrogens with zero attached hydrogens (tertiary/aromatic N) is 4. The fourth-order valence-corrected chi connectivity index (χ4v) is 5.05. The Kier molecular flexibility index (Phi) is 9.42. The van der Waals surface area contributed by atoms with Crippen molar-refractivity contribution < 1.29 is 8.78 Å². The van der Waals surface area contributed by atoms with E-state index in [4.69, 9.17) is 0 Å². The van der Waals surface area contributed by atoms with Gasteiger partial charge in [0.1, 0.15) is 17.5 Å². The summed E-state index contributed by atoms with van der Waals surface area (Å²) < 4.78 is 30.4. The van der Waals surface area contributed by atoms with Gasteiger partial charge in [-0.15, -0.1) is 0 Å². The summed E-state index contributed by atoms with van der Waals surface area (Å²) in [5.74, 6) is -0.00157. The Hall–Kier alpha value is -3.36. The lowest BCUT2D eigenvalue weighted by Crippen LogP contribution is -2.42. The van der Waals surface area contributed by atoms with E-state index in [9.17, 15) is 0 Å².